The van der Waals surface area contributed by atoms with Crippen LogP contribution in [0.4, 0.5) is 22.0 Å². The zero-order valence-electron chi connectivity index (χ0n) is 15.8. The number of nitrogens with zero attached hydrogens (tertiary/aromatic N) is 2. The molecule has 0 fully saturated rings. The van der Waals surface area contributed by atoms with Gasteiger partial charge in [0, 0.05) is 23.4 Å². The van der Waals surface area contributed by atoms with E-state index in [1.54, 1.807) is 5.32 Å². The third-order valence-corrected chi connectivity index (χ3v) is 4.07. The lowest BCUT2D eigenvalue weighted by atomic mass is 10.2. The quantitative estimate of drug-likeness (QED) is 0.612. The van der Waals surface area contributed by atoms with Crippen molar-refractivity contribution in [2.45, 2.75) is 4.90 Å². The molecule has 0 saturated carbocycles. The highest BCUT2D eigenvalue weighted by Gasteiger charge is 2.18. The van der Waals surface area contributed by atoms with Crippen LogP contribution in [0.15, 0.2) is 35.2 Å². The van der Waals surface area contributed by atoms with E-state index in [0.29, 0.717) is 0 Å². The number of carbonyl (C=O) groups excluding carboxylic acids is 1. The fourth-order valence-electron chi connectivity index (χ4n) is 1.92. The van der Waals surface area contributed by atoms with Crippen molar-refractivity contribution in [3.63, 3.8) is 0 Å². The predicted octanol–water partition coefficient (Wildman–Crippen LogP) is 1.07. The molecule has 2 amide bonds. The standard InChI is InChI=1S/C14H15N5O5S/c1-15-13(20)12-9(7-11(18-19-12)17-14(21)22)16-8-5-3-4-6-10(8)25(2,23)24/h3-7H,1-2H3,(H,15,20)(H,21,22)(H2,16,17,18)/i1D3. The van der Waals surface area contributed by atoms with Crippen molar-refractivity contribution < 1.29 is 27.2 Å². The highest BCUT2D eigenvalue weighted by molar-refractivity contribution is 7.90. The number of rotatable bonds is 5. The number of carboxylic acid groups (broad SMARTS) is 1. The summed E-state index contributed by atoms with van der Waals surface area (Å²) in [7, 11) is -3.64. The summed E-state index contributed by atoms with van der Waals surface area (Å²) in [5.41, 5.74) is -0.561. The van der Waals surface area contributed by atoms with Crippen LogP contribution in [0.2, 0.25) is 0 Å². The first-order chi connectivity index (χ1) is 12.9. The van der Waals surface area contributed by atoms with Crippen LogP contribution in [-0.2, 0) is 9.84 Å². The third kappa shape index (κ3) is 4.41. The molecule has 10 nitrogen and oxygen atoms in total. The normalized spacial score (nSPS) is 13.1. The number of hydrogen-bond donors (Lipinski definition) is 4. The van der Waals surface area contributed by atoms with Gasteiger partial charge in [0.25, 0.3) is 5.91 Å². The highest BCUT2D eigenvalue weighted by atomic mass is 32.2. The Kier molecular flexibility index (Phi) is 4.04. The third-order valence-electron chi connectivity index (χ3n) is 2.91. The van der Waals surface area contributed by atoms with Crippen molar-refractivity contribution in [3.05, 3.63) is 36.0 Å². The number of para-hydroxylation sites is 1. The number of hydrogen-bond acceptors (Lipinski definition) is 7. The molecule has 0 atom stereocenters. The van der Waals surface area contributed by atoms with Gasteiger partial charge >= 0.3 is 6.09 Å². The van der Waals surface area contributed by atoms with Gasteiger partial charge < -0.3 is 15.7 Å². The summed E-state index contributed by atoms with van der Waals surface area (Å²) in [6, 6.07) is 6.84. The second-order valence-corrected chi connectivity index (χ2v) is 6.75. The Morgan fingerprint density at radius 3 is 2.56 bits per heavy atom. The molecular formula is C14H15N5O5S. The number of amides is 2. The highest BCUT2D eigenvalue weighted by Crippen LogP contribution is 2.27. The van der Waals surface area contributed by atoms with Gasteiger partial charge in [0.05, 0.1) is 16.3 Å². The Balaban J connectivity index is 2.54. The van der Waals surface area contributed by atoms with E-state index in [9.17, 15) is 18.0 Å². The molecule has 4 N–H and O–H groups in total. The lowest BCUT2D eigenvalue weighted by molar-refractivity contribution is 0.0958. The van der Waals surface area contributed by atoms with Crippen molar-refractivity contribution in [1.29, 1.82) is 0 Å². The number of aromatic nitrogens is 2. The van der Waals surface area contributed by atoms with E-state index in [1.807, 2.05) is 5.32 Å². The first-order valence-corrected chi connectivity index (χ1v) is 8.52. The zero-order valence-corrected chi connectivity index (χ0v) is 13.6. The molecule has 25 heavy (non-hydrogen) atoms. The van der Waals surface area contributed by atoms with Crippen molar-refractivity contribution in [2.24, 2.45) is 0 Å². The summed E-state index contributed by atoms with van der Waals surface area (Å²) >= 11 is 0. The van der Waals surface area contributed by atoms with E-state index >= 15 is 0 Å². The average molecular weight is 368 g/mol. The molecule has 1 aromatic carbocycles. The number of carbonyl (C=O) groups is 2. The molecule has 0 bridgehead atoms. The van der Waals surface area contributed by atoms with Crippen LogP contribution < -0.4 is 16.0 Å². The van der Waals surface area contributed by atoms with Gasteiger partial charge in [-0.05, 0) is 12.1 Å². The second kappa shape index (κ2) is 7.13. The Labute approximate surface area is 147 Å². The van der Waals surface area contributed by atoms with E-state index < -0.39 is 34.5 Å². The second-order valence-electron chi connectivity index (χ2n) is 4.77. The molecular weight excluding hydrogens is 350 g/mol. The summed E-state index contributed by atoms with van der Waals surface area (Å²) in [5, 5.41) is 22.2. The number of anilines is 3. The SMILES string of the molecule is [2H]C([2H])([2H])NC(=O)c1nnc(NC(=O)O)cc1Nc1ccccc1S(C)(=O)=O. The molecule has 0 aliphatic carbocycles. The van der Waals surface area contributed by atoms with Gasteiger partial charge in [0.15, 0.2) is 21.3 Å². The van der Waals surface area contributed by atoms with Crippen LogP contribution >= 0.6 is 0 Å². The summed E-state index contributed by atoms with van der Waals surface area (Å²) in [5.74, 6) is -1.38. The molecule has 1 heterocycles. The van der Waals surface area contributed by atoms with Crippen LogP contribution in [0.25, 0.3) is 0 Å². The van der Waals surface area contributed by atoms with Crippen LogP contribution in [0, 0.1) is 0 Å². The largest absolute Gasteiger partial charge is 0.465 e. The van der Waals surface area contributed by atoms with E-state index in [0.717, 1.165) is 12.3 Å². The van der Waals surface area contributed by atoms with Gasteiger partial charge in [0.1, 0.15) is 0 Å². The van der Waals surface area contributed by atoms with Crippen molar-refractivity contribution >= 4 is 39.0 Å². The van der Waals surface area contributed by atoms with Gasteiger partial charge in [-0.1, -0.05) is 12.1 Å². The van der Waals surface area contributed by atoms with E-state index in [2.05, 4.69) is 15.5 Å². The Morgan fingerprint density at radius 1 is 1.20 bits per heavy atom. The zero-order chi connectivity index (χ0) is 21.1. The fraction of sp³-hybridized carbons (Fsp3) is 0.143. The Hall–Kier alpha value is -3.21. The Morgan fingerprint density at radius 2 is 1.92 bits per heavy atom. The minimum atomic E-state index is -3.64. The number of sulfone groups is 1. The van der Waals surface area contributed by atoms with Gasteiger partial charge in [0.2, 0.25) is 0 Å². The molecule has 0 aliphatic heterocycles. The topological polar surface area (TPSA) is 150 Å². The lowest BCUT2D eigenvalue weighted by Gasteiger charge is -2.13. The van der Waals surface area contributed by atoms with Crippen LogP contribution in [0.1, 0.15) is 14.6 Å². The van der Waals surface area contributed by atoms with Gasteiger partial charge in [-0.3, -0.25) is 10.1 Å². The molecule has 1 aromatic heterocycles. The molecule has 11 heteroatoms. The lowest BCUT2D eigenvalue weighted by Crippen LogP contribution is -2.22. The summed E-state index contributed by atoms with van der Waals surface area (Å²) in [6.45, 7) is -2.81. The maximum Gasteiger partial charge on any atom is 0.410 e. The fourth-order valence-corrected chi connectivity index (χ4v) is 2.77. The van der Waals surface area contributed by atoms with Gasteiger partial charge in [-0.25, -0.2) is 13.2 Å². The first-order valence-electron chi connectivity index (χ1n) is 8.13. The van der Waals surface area contributed by atoms with Gasteiger partial charge in [-0.15, -0.1) is 10.2 Å². The van der Waals surface area contributed by atoms with Crippen LogP contribution in [-0.4, -0.2) is 49.0 Å². The van der Waals surface area contributed by atoms with Crippen molar-refractivity contribution in [1.82, 2.24) is 15.5 Å². The minimum Gasteiger partial charge on any atom is -0.465 e. The van der Waals surface area contributed by atoms with Crippen LogP contribution in [0.3, 0.4) is 0 Å². The number of nitrogens with one attached hydrogen (secondary N) is 3. The van der Waals surface area contributed by atoms with Crippen molar-refractivity contribution in [3.8, 4) is 0 Å². The predicted molar refractivity (Wildman–Crippen MR) is 89.9 cm³/mol. The maximum atomic E-state index is 12.2. The van der Waals surface area contributed by atoms with E-state index in [4.69, 9.17) is 9.22 Å². The van der Waals surface area contributed by atoms with Gasteiger partial charge in [-0.2, -0.15) is 0 Å². The number of benzene rings is 1. The summed E-state index contributed by atoms with van der Waals surface area (Å²) in [6.07, 6.45) is -0.464. The van der Waals surface area contributed by atoms with Crippen molar-refractivity contribution in [2.75, 3.05) is 23.9 Å². The maximum absolute atomic E-state index is 12.2. The monoisotopic (exact) mass is 368 g/mol. The Bertz CT molecular complexity index is 1030. The molecule has 0 spiro atoms. The molecule has 0 saturated heterocycles. The smallest absolute Gasteiger partial charge is 0.410 e. The van der Waals surface area contributed by atoms with E-state index in [1.165, 1.54) is 24.3 Å². The minimum absolute atomic E-state index is 0.0715. The van der Waals surface area contributed by atoms with Crippen LogP contribution in [0.5, 0.6) is 0 Å². The first kappa shape index (κ1) is 14.2. The summed E-state index contributed by atoms with van der Waals surface area (Å²) < 4.78 is 45.3. The molecule has 2 aromatic rings. The van der Waals surface area contributed by atoms with E-state index in [-0.39, 0.29) is 22.1 Å². The average Bonchev–Trinajstić information content (AvgIpc) is 2.52. The molecule has 0 aliphatic rings. The molecule has 0 radical (unpaired) electrons. The molecule has 0 unspecified atom stereocenters. The molecule has 132 valence electrons. The summed E-state index contributed by atoms with van der Waals surface area (Å²) in [4.78, 5) is 22.9. The molecule has 2 rings (SSSR count).